The van der Waals surface area contributed by atoms with Crippen molar-refractivity contribution in [2.75, 3.05) is 6.61 Å². The lowest BCUT2D eigenvalue weighted by Crippen LogP contribution is -2.59. The van der Waals surface area contributed by atoms with E-state index in [4.69, 9.17) is 4.74 Å². The summed E-state index contributed by atoms with van der Waals surface area (Å²) in [4.78, 5) is 27.4. The fourth-order valence-corrected chi connectivity index (χ4v) is 4.70. The molecule has 4 bridgehead atoms. The molecule has 0 fully saturated rings. The summed E-state index contributed by atoms with van der Waals surface area (Å²) < 4.78 is 6.19. The zero-order valence-corrected chi connectivity index (χ0v) is 18.4. The Kier molecular flexibility index (Phi) is 5.40. The number of ether oxygens (including phenoxy) is 1. The van der Waals surface area contributed by atoms with Crippen LogP contribution in [-0.4, -0.2) is 55.9 Å². The summed E-state index contributed by atoms with van der Waals surface area (Å²) in [5.41, 5.74) is -1.49. The third kappa shape index (κ3) is 3.32. The molecular weight excluding hydrogens is 412 g/mol. The molecule has 0 saturated carbocycles. The molecule has 2 atom stereocenters. The van der Waals surface area contributed by atoms with E-state index >= 15 is 0 Å². The van der Waals surface area contributed by atoms with Crippen LogP contribution in [0.25, 0.3) is 0 Å². The number of carbonyl (C=O) groups excluding carboxylic acids is 2. The number of fused-ring (bicyclic) bond motifs is 1. The van der Waals surface area contributed by atoms with Gasteiger partial charge in [-0.15, -0.1) is 0 Å². The Morgan fingerprint density at radius 3 is 2.59 bits per heavy atom. The second kappa shape index (κ2) is 7.69. The molecule has 4 N–H and O–H groups in total. The van der Waals surface area contributed by atoms with E-state index in [2.05, 4.69) is 0 Å². The number of phenols is 2. The molecule has 1 heterocycles. The highest BCUT2D eigenvalue weighted by Gasteiger charge is 2.57. The van der Waals surface area contributed by atoms with Gasteiger partial charge in [0.2, 0.25) is 5.78 Å². The molecule has 1 aliphatic heterocycles. The average molecular weight is 440 g/mol. The molecule has 0 radical (unpaired) electrons. The molecule has 1 aromatic rings. The monoisotopic (exact) mass is 440 g/mol. The number of aromatic hydroxyl groups is 2. The number of ketones is 2. The van der Waals surface area contributed by atoms with E-state index in [0.717, 1.165) is 5.57 Å². The summed E-state index contributed by atoms with van der Waals surface area (Å²) >= 11 is 0. The molecule has 0 unspecified atom stereocenters. The first kappa shape index (κ1) is 22.5. The van der Waals surface area contributed by atoms with Crippen molar-refractivity contribution >= 4 is 11.6 Å². The second-order valence-corrected chi connectivity index (χ2v) is 9.35. The number of allylic oxidation sites excluding steroid dienone is 2. The maximum Gasteiger partial charge on any atom is 0.200 e. The van der Waals surface area contributed by atoms with Crippen LogP contribution in [0, 0.1) is 0 Å². The maximum atomic E-state index is 13.8. The molecule has 4 aliphatic carbocycles. The van der Waals surface area contributed by atoms with Crippen molar-refractivity contribution in [1.29, 1.82) is 0 Å². The highest BCUT2D eigenvalue weighted by molar-refractivity contribution is 6.28. The van der Waals surface area contributed by atoms with Crippen LogP contribution in [0.2, 0.25) is 0 Å². The molecule has 0 amide bonds. The van der Waals surface area contributed by atoms with Crippen LogP contribution in [-0.2, 0) is 11.2 Å². The highest BCUT2D eigenvalue weighted by Crippen LogP contribution is 2.49. The van der Waals surface area contributed by atoms with Gasteiger partial charge in [-0.2, -0.15) is 0 Å². The highest BCUT2D eigenvalue weighted by atomic mass is 16.5. The molecule has 5 aliphatic rings. The number of rotatable bonds is 1. The van der Waals surface area contributed by atoms with Crippen LogP contribution >= 0.6 is 0 Å². The molecule has 0 aromatic heterocycles. The van der Waals surface area contributed by atoms with E-state index in [0.29, 0.717) is 18.4 Å². The number of hydrogen-bond donors (Lipinski definition) is 4. The van der Waals surface area contributed by atoms with Gasteiger partial charge in [0.15, 0.2) is 11.4 Å². The molecule has 1 aromatic carbocycles. The van der Waals surface area contributed by atoms with Crippen molar-refractivity contribution in [1.82, 2.24) is 0 Å². The SMILES string of the molecule is C/C1=C\C[C@@]23OC(C)(C)[C@@H](O)C=C2C(=O)c2c(cc(O)c(c2O)C/C(CO)=C\CC1)C3=O. The fourth-order valence-electron chi connectivity index (χ4n) is 4.70. The lowest BCUT2D eigenvalue weighted by molar-refractivity contribution is -0.150. The average Bonchev–Trinajstić information content (AvgIpc) is 2.73. The Balaban J connectivity index is 2.04. The first-order valence-corrected chi connectivity index (χ1v) is 10.7. The third-order valence-corrected chi connectivity index (χ3v) is 6.69. The number of aliphatic hydroxyl groups is 2. The first-order valence-electron chi connectivity index (χ1n) is 10.7. The van der Waals surface area contributed by atoms with Gasteiger partial charge in [-0.1, -0.05) is 17.7 Å². The molecular formula is C25H28O7. The van der Waals surface area contributed by atoms with Crippen LogP contribution in [0.5, 0.6) is 11.5 Å². The van der Waals surface area contributed by atoms with Gasteiger partial charge in [-0.05, 0) is 51.3 Å². The van der Waals surface area contributed by atoms with Crippen molar-refractivity contribution in [3.8, 4) is 11.5 Å². The van der Waals surface area contributed by atoms with Gasteiger partial charge in [0.25, 0.3) is 0 Å². The van der Waals surface area contributed by atoms with E-state index in [1.54, 1.807) is 13.8 Å². The third-order valence-electron chi connectivity index (χ3n) is 6.69. The van der Waals surface area contributed by atoms with Crippen LogP contribution < -0.4 is 0 Å². The van der Waals surface area contributed by atoms with Crippen molar-refractivity contribution < 1.29 is 34.8 Å². The number of hydrogen-bond acceptors (Lipinski definition) is 7. The fraction of sp³-hybridized carbons (Fsp3) is 0.440. The molecule has 6 rings (SSSR count). The van der Waals surface area contributed by atoms with E-state index in [9.17, 15) is 30.0 Å². The Morgan fingerprint density at radius 2 is 1.91 bits per heavy atom. The topological polar surface area (TPSA) is 124 Å². The summed E-state index contributed by atoms with van der Waals surface area (Å²) in [5, 5.41) is 41.9. The van der Waals surface area contributed by atoms with Gasteiger partial charge in [0.1, 0.15) is 17.6 Å². The quantitative estimate of drug-likeness (QED) is 0.495. The summed E-state index contributed by atoms with van der Waals surface area (Å²) in [7, 11) is 0. The van der Waals surface area contributed by atoms with E-state index in [-0.39, 0.29) is 47.5 Å². The molecule has 1 spiro atoms. The van der Waals surface area contributed by atoms with Crippen LogP contribution in [0.1, 0.15) is 66.3 Å². The predicted octanol–water partition coefficient (Wildman–Crippen LogP) is 2.90. The normalized spacial score (nSPS) is 30.7. The van der Waals surface area contributed by atoms with Gasteiger partial charge < -0.3 is 25.2 Å². The van der Waals surface area contributed by atoms with Gasteiger partial charge in [-0.25, -0.2) is 0 Å². The summed E-state index contributed by atoms with van der Waals surface area (Å²) in [6, 6.07) is 1.20. The van der Waals surface area contributed by atoms with E-state index in [1.807, 2.05) is 19.1 Å². The zero-order chi connectivity index (χ0) is 23.4. The minimum Gasteiger partial charge on any atom is -0.507 e. The van der Waals surface area contributed by atoms with Crippen molar-refractivity contribution in [3.05, 3.63) is 57.7 Å². The predicted molar refractivity (Wildman–Crippen MR) is 117 cm³/mol. The van der Waals surface area contributed by atoms with Crippen LogP contribution in [0.15, 0.2) is 41.0 Å². The van der Waals surface area contributed by atoms with Gasteiger partial charge in [0.05, 0.1) is 17.8 Å². The Morgan fingerprint density at radius 1 is 1.19 bits per heavy atom. The van der Waals surface area contributed by atoms with Gasteiger partial charge >= 0.3 is 0 Å². The molecule has 170 valence electrons. The molecule has 7 nitrogen and oxygen atoms in total. The van der Waals surface area contributed by atoms with Crippen LogP contribution in [0.3, 0.4) is 0 Å². The standard InChI is InChI=1S/C25H28O7/c1-13-5-4-6-14(12-26)9-15-18(27)10-16-20(21(15)29)22(30)17-11-19(28)24(2,3)32-25(17,8-7-13)23(16)31/h6-7,10-11,19,26-29H,4-5,8-9,12H2,1-3H3/b13-7+,14-6+/t19-,25+/m0/s1. The van der Waals surface area contributed by atoms with Crippen LogP contribution in [0.4, 0.5) is 0 Å². The number of phenolic OH excluding ortho intramolecular Hbond substituents is 2. The van der Waals surface area contributed by atoms with Gasteiger partial charge in [0, 0.05) is 29.5 Å². The molecule has 7 heteroatoms. The smallest absolute Gasteiger partial charge is 0.200 e. The Labute approximate surface area is 186 Å². The largest absolute Gasteiger partial charge is 0.507 e. The Hall–Kier alpha value is -2.74. The molecule has 32 heavy (non-hydrogen) atoms. The minimum atomic E-state index is -1.66. The first-order chi connectivity index (χ1) is 15.0. The lowest BCUT2D eigenvalue weighted by Gasteiger charge is -2.48. The van der Waals surface area contributed by atoms with Gasteiger partial charge in [-0.3, -0.25) is 9.59 Å². The minimum absolute atomic E-state index is 0.00667. The summed E-state index contributed by atoms with van der Waals surface area (Å²) in [5.74, 6) is -1.99. The number of benzene rings is 1. The number of carbonyl (C=O) groups is 2. The number of Topliss-reactive ketones (excluding diaryl/α,β-unsaturated/α-hetero) is 2. The lowest BCUT2D eigenvalue weighted by atomic mass is 9.68. The second-order valence-electron chi connectivity index (χ2n) is 9.35. The summed E-state index contributed by atoms with van der Waals surface area (Å²) in [6.07, 6.45) is 5.32. The Bertz CT molecular complexity index is 1110. The maximum absolute atomic E-state index is 13.8. The van der Waals surface area contributed by atoms with E-state index < -0.39 is 34.6 Å². The van der Waals surface area contributed by atoms with Crippen molar-refractivity contribution in [2.24, 2.45) is 0 Å². The summed E-state index contributed by atoms with van der Waals surface area (Å²) in [6.45, 7) is 4.95. The van der Waals surface area contributed by atoms with E-state index in [1.165, 1.54) is 12.1 Å². The van der Waals surface area contributed by atoms with Crippen molar-refractivity contribution in [3.63, 3.8) is 0 Å². The van der Waals surface area contributed by atoms with Crippen molar-refractivity contribution in [2.45, 2.75) is 63.8 Å². The number of aliphatic hydroxyl groups excluding tert-OH is 2. The zero-order valence-electron chi connectivity index (χ0n) is 18.4. The molecule has 0 saturated heterocycles.